The molecule has 0 aliphatic carbocycles. The van der Waals surface area contributed by atoms with Crippen LogP contribution in [0.2, 0.25) is 0 Å². The second kappa shape index (κ2) is 5.87. The predicted molar refractivity (Wildman–Crippen MR) is 81.0 cm³/mol. The first-order valence-electron chi connectivity index (χ1n) is 5.85. The number of hydrogen-bond donors (Lipinski definition) is 1. The fourth-order valence-corrected chi connectivity index (χ4v) is 2.73. The minimum absolute atomic E-state index is 0. The zero-order valence-corrected chi connectivity index (χ0v) is 13.1. The van der Waals surface area contributed by atoms with E-state index in [0.29, 0.717) is 15.8 Å². The maximum absolute atomic E-state index is 12.5. The first-order valence-corrected chi connectivity index (χ1v) is 6.65. The Morgan fingerprint density at radius 3 is 2.86 bits per heavy atom. The number of ether oxygens (including phenoxy) is 1. The Labute approximate surface area is 134 Å². The SMILES string of the molecule is Cl.NC(=O)c1cc(Br)c2c(c1)C(=O)C(n1ccnc1)CO2. The summed E-state index contributed by atoms with van der Waals surface area (Å²) >= 11 is 3.29. The molecule has 6 nitrogen and oxygen atoms in total. The van der Waals surface area contributed by atoms with E-state index in [0.717, 1.165) is 0 Å². The van der Waals surface area contributed by atoms with Crippen LogP contribution in [0, 0.1) is 0 Å². The number of nitrogens with zero attached hydrogens (tertiary/aromatic N) is 2. The summed E-state index contributed by atoms with van der Waals surface area (Å²) in [6, 6.07) is 2.53. The fraction of sp³-hybridized carbons (Fsp3) is 0.154. The molecule has 0 saturated heterocycles. The van der Waals surface area contributed by atoms with Gasteiger partial charge in [-0.1, -0.05) is 0 Å². The highest BCUT2D eigenvalue weighted by Gasteiger charge is 2.32. The van der Waals surface area contributed by atoms with Gasteiger partial charge in [0.1, 0.15) is 18.4 Å². The van der Waals surface area contributed by atoms with Crippen molar-refractivity contribution in [3.05, 3.63) is 46.5 Å². The number of benzene rings is 1. The van der Waals surface area contributed by atoms with Gasteiger partial charge in [0, 0.05) is 18.0 Å². The van der Waals surface area contributed by atoms with Crippen LogP contribution in [0.5, 0.6) is 5.75 Å². The lowest BCUT2D eigenvalue weighted by Gasteiger charge is -2.26. The van der Waals surface area contributed by atoms with Gasteiger partial charge in [-0.3, -0.25) is 9.59 Å². The summed E-state index contributed by atoms with van der Waals surface area (Å²) in [7, 11) is 0. The Bertz CT molecular complexity index is 703. The monoisotopic (exact) mass is 371 g/mol. The fourth-order valence-electron chi connectivity index (χ4n) is 2.16. The Morgan fingerprint density at radius 1 is 1.48 bits per heavy atom. The number of nitrogens with two attached hydrogens (primary N) is 1. The maximum atomic E-state index is 12.5. The average molecular weight is 373 g/mol. The molecule has 1 aliphatic heterocycles. The van der Waals surface area contributed by atoms with Crippen LogP contribution in [0.4, 0.5) is 0 Å². The largest absolute Gasteiger partial charge is 0.489 e. The number of hydrogen-bond acceptors (Lipinski definition) is 4. The summed E-state index contributed by atoms with van der Waals surface area (Å²) in [6.07, 6.45) is 4.85. The van der Waals surface area contributed by atoms with Crippen LogP contribution >= 0.6 is 28.3 Å². The summed E-state index contributed by atoms with van der Waals surface area (Å²) in [6.45, 7) is 0.219. The van der Waals surface area contributed by atoms with Crippen molar-refractivity contribution in [3.63, 3.8) is 0 Å². The number of imidazole rings is 1. The van der Waals surface area contributed by atoms with Crippen molar-refractivity contribution in [1.29, 1.82) is 0 Å². The average Bonchev–Trinajstić information content (AvgIpc) is 2.93. The number of amides is 1. The van der Waals surface area contributed by atoms with E-state index in [1.54, 1.807) is 29.4 Å². The lowest BCUT2D eigenvalue weighted by atomic mass is 9.98. The molecule has 3 rings (SSSR count). The van der Waals surface area contributed by atoms with Crippen LogP contribution in [0.1, 0.15) is 26.8 Å². The minimum Gasteiger partial charge on any atom is -0.489 e. The van der Waals surface area contributed by atoms with Crippen molar-refractivity contribution < 1.29 is 14.3 Å². The summed E-state index contributed by atoms with van der Waals surface area (Å²) in [4.78, 5) is 27.8. The van der Waals surface area contributed by atoms with E-state index in [2.05, 4.69) is 20.9 Å². The summed E-state index contributed by atoms with van der Waals surface area (Å²) in [5, 5.41) is 0. The van der Waals surface area contributed by atoms with Gasteiger partial charge in [-0.05, 0) is 28.1 Å². The molecule has 0 fully saturated rings. The molecular weight excluding hydrogens is 362 g/mol. The lowest BCUT2D eigenvalue weighted by molar-refractivity contribution is 0.0840. The molecule has 1 unspecified atom stereocenters. The topological polar surface area (TPSA) is 87.2 Å². The molecule has 2 heterocycles. The van der Waals surface area contributed by atoms with E-state index in [1.807, 2.05) is 0 Å². The quantitative estimate of drug-likeness (QED) is 0.873. The lowest BCUT2D eigenvalue weighted by Crippen LogP contribution is -2.30. The van der Waals surface area contributed by atoms with Crippen molar-refractivity contribution in [3.8, 4) is 5.75 Å². The zero-order chi connectivity index (χ0) is 14.3. The molecule has 1 aromatic heterocycles. The first kappa shape index (κ1) is 15.5. The van der Waals surface area contributed by atoms with Crippen molar-refractivity contribution in [2.75, 3.05) is 6.61 Å². The third-order valence-corrected chi connectivity index (χ3v) is 3.76. The number of halogens is 2. The molecule has 8 heteroatoms. The number of primary amides is 1. The van der Waals surface area contributed by atoms with Gasteiger partial charge in [0.25, 0.3) is 0 Å². The summed E-state index contributed by atoms with van der Waals surface area (Å²) < 4.78 is 7.85. The number of fused-ring (bicyclic) bond motifs is 1. The number of carbonyl (C=O) groups excluding carboxylic acids is 2. The van der Waals surface area contributed by atoms with Crippen LogP contribution in [0.15, 0.2) is 35.3 Å². The van der Waals surface area contributed by atoms with E-state index >= 15 is 0 Å². The molecule has 21 heavy (non-hydrogen) atoms. The van der Waals surface area contributed by atoms with Crippen LogP contribution in [-0.4, -0.2) is 27.8 Å². The molecule has 1 atom stereocenters. The number of Topliss-reactive ketones (excluding diaryl/α,β-unsaturated/α-hetero) is 1. The number of rotatable bonds is 2. The Balaban J connectivity index is 0.00000161. The normalized spacial score (nSPS) is 16.6. The van der Waals surface area contributed by atoms with Gasteiger partial charge >= 0.3 is 0 Å². The standard InChI is InChI=1S/C13H10BrN3O3.ClH/c14-9-4-7(13(15)19)3-8-11(18)10(5-20-12(8)9)17-2-1-16-6-17;/h1-4,6,10H,5H2,(H2,15,19);1H. The second-order valence-corrected chi connectivity index (χ2v) is 5.25. The van der Waals surface area contributed by atoms with E-state index < -0.39 is 11.9 Å². The first-order chi connectivity index (χ1) is 9.58. The Morgan fingerprint density at radius 2 is 2.24 bits per heavy atom. The van der Waals surface area contributed by atoms with Gasteiger partial charge < -0.3 is 15.0 Å². The molecular formula is C13H11BrClN3O3. The van der Waals surface area contributed by atoms with Crippen molar-refractivity contribution >= 4 is 40.0 Å². The van der Waals surface area contributed by atoms with Gasteiger partial charge in [-0.25, -0.2) is 4.98 Å². The van der Waals surface area contributed by atoms with Gasteiger partial charge in [0.05, 0.1) is 16.4 Å². The van der Waals surface area contributed by atoms with Gasteiger partial charge in [0.15, 0.2) is 5.78 Å². The second-order valence-electron chi connectivity index (χ2n) is 4.40. The van der Waals surface area contributed by atoms with Gasteiger partial charge in [-0.15, -0.1) is 12.4 Å². The molecule has 0 spiro atoms. The number of ketones is 1. The number of carbonyl (C=O) groups is 2. The van der Waals surface area contributed by atoms with Crippen LogP contribution in [0.25, 0.3) is 0 Å². The Hall–Kier alpha value is -1.86. The molecule has 1 aromatic carbocycles. The summed E-state index contributed by atoms with van der Waals surface area (Å²) in [5.74, 6) is -0.282. The van der Waals surface area contributed by atoms with Crippen molar-refractivity contribution in [2.45, 2.75) is 6.04 Å². The van der Waals surface area contributed by atoms with Gasteiger partial charge in [-0.2, -0.15) is 0 Å². The molecule has 2 aromatic rings. The van der Waals surface area contributed by atoms with E-state index in [1.165, 1.54) is 6.07 Å². The third-order valence-electron chi connectivity index (χ3n) is 3.17. The zero-order valence-electron chi connectivity index (χ0n) is 10.7. The minimum atomic E-state index is -0.592. The van der Waals surface area contributed by atoms with Gasteiger partial charge in [0.2, 0.25) is 5.91 Å². The molecule has 110 valence electrons. The van der Waals surface area contributed by atoms with Crippen LogP contribution in [0.3, 0.4) is 0 Å². The van der Waals surface area contributed by atoms with E-state index in [4.69, 9.17) is 10.5 Å². The van der Waals surface area contributed by atoms with Crippen LogP contribution in [-0.2, 0) is 0 Å². The highest BCUT2D eigenvalue weighted by molar-refractivity contribution is 9.10. The molecule has 1 amide bonds. The molecule has 0 radical (unpaired) electrons. The van der Waals surface area contributed by atoms with E-state index in [-0.39, 0.29) is 30.4 Å². The van der Waals surface area contributed by atoms with Crippen LogP contribution < -0.4 is 10.5 Å². The summed E-state index contributed by atoms with van der Waals surface area (Å²) in [5.41, 5.74) is 5.87. The van der Waals surface area contributed by atoms with E-state index in [9.17, 15) is 9.59 Å². The number of aromatic nitrogens is 2. The molecule has 0 bridgehead atoms. The predicted octanol–water partition coefficient (Wildman–Crippen LogP) is 1.98. The molecule has 2 N–H and O–H groups in total. The highest BCUT2D eigenvalue weighted by atomic mass is 79.9. The molecule has 1 aliphatic rings. The molecule has 0 saturated carbocycles. The highest BCUT2D eigenvalue weighted by Crippen LogP contribution is 2.36. The van der Waals surface area contributed by atoms with Crippen molar-refractivity contribution in [1.82, 2.24) is 9.55 Å². The van der Waals surface area contributed by atoms with Crippen molar-refractivity contribution in [2.24, 2.45) is 5.73 Å². The Kier molecular flexibility index (Phi) is 4.34. The maximum Gasteiger partial charge on any atom is 0.248 e. The third kappa shape index (κ3) is 2.66. The smallest absolute Gasteiger partial charge is 0.248 e.